The fourth-order valence-corrected chi connectivity index (χ4v) is 1.64. The quantitative estimate of drug-likeness (QED) is 0.844. The number of nitrogen functional groups attached to an aromatic ring is 1. The first kappa shape index (κ1) is 9.98. The van der Waals surface area contributed by atoms with Crippen molar-refractivity contribution in [2.24, 2.45) is 0 Å². The van der Waals surface area contributed by atoms with Crippen LogP contribution in [0, 0.1) is 6.92 Å². The predicted molar refractivity (Wildman–Crippen MR) is 59.7 cm³/mol. The lowest BCUT2D eigenvalue weighted by molar-refractivity contribution is 0.650. The molecule has 0 fully saturated rings. The van der Waals surface area contributed by atoms with Crippen molar-refractivity contribution in [3.8, 4) is 0 Å². The van der Waals surface area contributed by atoms with Crippen LogP contribution < -0.4 is 5.73 Å². The van der Waals surface area contributed by atoms with Gasteiger partial charge in [0, 0.05) is 5.02 Å². The van der Waals surface area contributed by atoms with Gasteiger partial charge in [-0.15, -0.1) is 5.10 Å². The van der Waals surface area contributed by atoms with E-state index in [0.717, 1.165) is 16.1 Å². The smallest absolute Gasteiger partial charge is 0.165 e. The molecule has 2 N–H and O–H groups in total. The third-order valence-electron chi connectivity index (χ3n) is 2.10. The summed E-state index contributed by atoms with van der Waals surface area (Å²) in [5.41, 5.74) is 7.61. The van der Waals surface area contributed by atoms with E-state index in [1.807, 2.05) is 25.1 Å². The molecule has 4 nitrogen and oxygen atoms in total. The molecule has 78 valence electrons. The molecule has 0 spiro atoms. The standard InChI is InChI=1S/C10H11ClN4/c1-7-2-3-8(9(11)4-7)5-15-6-10(12)13-14-15/h2-4,6H,5,12H2,1H3. The summed E-state index contributed by atoms with van der Waals surface area (Å²) in [6.45, 7) is 2.59. The minimum atomic E-state index is 0.415. The zero-order chi connectivity index (χ0) is 10.8. The Morgan fingerprint density at radius 2 is 2.27 bits per heavy atom. The van der Waals surface area contributed by atoms with Crippen molar-refractivity contribution in [2.45, 2.75) is 13.5 Å². The Morgan fingerprint density at radius 3 is 2.87 bits per heavy atom. The topological polar surface area (TPSA) is 56.7 Å². The molecule has 2 rings (SSSR count). The number of hydrogen-bond acceptors (Lipinski definition) is 3. The van der Waals surface area contributed by atoms with E-state index in [2.05, 4.69) is 10.3 Å². The van der Waals surface area contributed by atoms with Gasteiger partial charge >= 0.3 is 0 Å². The molecule has 0 amide bonds. The van der Waals surface area contributed by atoms with E-state index >= 15 is 0 Å². The molecule has 0 saturated carbocycles. The maximum absolute atomic E-state index is 6.09. The van der Waals surface area contributed by atoms with Gasteiger partial charge in [-0.25, -0.2) is 4.68 Å². The molecule has 0 unspecified atom stereocenters. The summed E-state index contributed by atoms with van der Waals surface area (Å²) >= 11 is 6.09. The van der Waals surface area contributed by atoms with Crippen LogP contribution in [0.3, 0.4) is 0 Å². The molecule has 2 aromatic rings. The van der Waals surface area contributed by atoms with Crippen LogP contribution in [0.1, 0.15) is 11.1 Å². The van der Waals surface area contributed by atoms with Crippen LogP contribution in [-0.2, 0) is 6.54 Å². The third-order valence-corrected chi connectivity index (χ3v) is 2.45. The van der Waals surface area contributed by atoms with Gasteiger partial charge < -0.3 is 5.73 Å². The van der Waals surface area contributed by atoms with Crippen LogP contribution in [-0.4, -0.2) is 15.0 Å². The summed E-state index contributed by atoms with van der Waals surface area (Å²) in [7, 11) is 0. The molecule has 0 saturated heterocycles. The molecule has 5 heteroatoms. The lowest BCUT2D eigenvalue weighted by atomic mass is 10.1. The lowest BCUT2D eigenvalue weighted by Gasteiger charge is -2.04. The second-order valence-electron chi connectivity index (χ2n) is 3.44. The van der Waals surface area contributed by atoms with Crippen molar-refractivity contribution in [3.05, 3.63) is 40.5 Å². The summed E-state index contributed by atoms with van der Waals surface area (Å²) in [6.07, 6.45) is 1.68. The van der Waals surface area contributed by atoms with E-state index in [4.69, 9.17) is 17.3 Å². The molecule has 1 heterocycles. The predicted octanol–water partition coefficient (Wildman–Crippen LogP) is 1.87. The van der Waals surface area contributed by atoms with Crippen molar-refractivity contribution in [2.75, 3.05) is 5.73 Å². The maximum Gasteiger partial charge on any atom is 0.165 e. The normalized spacial score (nSPS) is 10.5. The zero-order valence-corrected chi connectivity index (χ0v) is 9.07. The van der Waals surface area contributed by atoms with E-state index < -0.39 is 0 Å². The largest absolute Gasteiger partial charge is 0.381 e. The number of anilines is 1. The molecule has 0 radical (unpaired) electrons. The first-order chi connectivity index (χ1) is 7.15. The van der Waals surface area contributed by atoms with Gasteiger partial charge in [-0.2, -0.15) is 0 Å². The van der Waals surface area contributed by atoms with E-state index in [-0.39, 0.29) is 0 Å². The number of hydrogen-bond donors (Lipinski definition) is 1. The fourth-order valence-electron chi connectivity index (χ4n) is 1.35. The monoisotopic (exact) mass is 222 g/mol. The number of aryl methyl sites for hydroxylation is 1. The summed E-state index contributed by atoms with van der Waals surface area (Å²) < 4.78 is 1.66. The average molecular weight is 223 g/mol. The summed E-state index contributed by atoms with van der Waals surface area (Å²) in [5, 5.41) is 8.31. The van der Waals surface area contributed by atoms with E-state index in [0.29, 0.717) is 12.4 Å². The van der Waals surface area contributed by atoms with Crippen LogP contribution in [0.2, 0.25) is 5.02 Å². The number of nitrogens with zero attached hydrogens (tertiary/aromatic N) is 3. The highest BCUT2D eigenvalue weighted by atomic mass is 35.5. The van der Waals surface area contributed by atoms with Gasteiger partial charge in [-0.3, -0.25) is 0 Å². The molecular weight excluding hydrogens is 212 g/mol. The van der Waals surface area contributed by atoms with Gasteiger partial charge in [0.1, 0.15) is 0 Å². The van der Waals surface area contributed by atoms with Crippen molar-refractivity contribution in [1.82, 2.24) is 15.0 Å². The first-order valence-electron chi connectivity index (χ1n) is 4.56. The van der Waals surface area contributed by atoms with Crippen LogP contribution >= 0.6 is 11.6 Å². The van der Waals surface area contributed by atoms with Gasteiger partial charge in [-0.05, 0) is 24.1 Å². The highest BCUT2D eigenvalue weighted by Gasteiger charge is 2.03. The Bertz CT molecular complexity index is 478. The average Bonchev–Trinajstić information content (AvgIpc) is 2.56. The van der Waals surface area contributed by atoms with Gasteiger partial charge in [0.25, 0.3) is 0 Å². The number of nitrogens with two attached hydrogens (primary N) is 1. The fraction of sp³-hybridized carbons (Fsp3) is 0.200. The van der Waals surface area contributed by atoms with E-state index in [1.54, 1.807) is 10.9 Å². The molecule has 0 atom stereocenters. The van der Waals surface area contributed by atoms with Crippen molar-refractivity contribution in [3.63, 3.8) is 0 Å². The number of halogens is 1. The van der Waals surface area contributed by atoms with Crippen LogP contribution in [0.5, 0.6) is 0 Å². The van der Waals surface area contributed by atoms with Crippen molar-refractivity contribution < 1.29 is 0 Å². The zero-order valence-electron chi connectivity index (χ0n) is 8.31. The Labute approximate surface area is 92.7 Å². The Kier molecular flexibility index (Phi) is 2.60. The summed E-state index contributed by atoms with van der Waals surface area (Å²) in [5.74, 6) is 0.415. The lowest BCUT2D eigenvalue weighted by Crippen LogP contribution is -2.01. The molecule has 0 aliphatic heterocycles. The first-order valence-corrected chi connectivity index (χ1v) is 4.93. The molecular formula is C10H11ClN4. The van der Waals surface area contributed by atoms with Gasteiger partial charge in [0.15, 0.2) is 5.82 Å². The molecule has 0 aliphatic carbocycles. The van der Waals surface area contributed by atoms with Crippen LogP contribution in [0.15, 0.2) is 24.4 Å². The maximum atomic E-state index is 6.09. The minimum Gasteiger partial charge on any atom is -0.381 e. The van der Waals surface area contributed by atoms with Crippen molar-refractivity contribution >= 4 is 17.4 Å². The van der Waals surface area contributed by atoms with Gasteiger partial charge in [0.05, 0.1) is 12.7 Å². The summed E-state index contributed by atoms with van der Waals surface area (Å²) in [6, 6.07) is 5.92. The Hall–Kier alpha value is -1.55. The highest BCUT2D eigenvalue weighted by molar-refractivity contribution is 6.31. The third kappa shape index (κ3) is 2.27. The van der Waals surface area contributed by atoms with Gasteiger partial charge in [0.2, 0.25) is 0 Å². The van der Waals surface area contributed by atoms with E-state index in [1.165, 1.54) is 0 Å². The van der Waals surface area contributed by atoms with E-state index in [9.17, 15) is 0 Å². The molecule has 1 aromatic heterocycles. The second-order valence-corrected chi connectivity index (χ2v) is 3.84. The molecule has 15 heavy (non-hydrogen) atoms. The Morgan fingerprint density at radius 1 is 1.47 bits per heavy atom. The van der Waals surface area contributed by atoms with Crippen LogP contribution in [0.4, 0.5) is 5.82 Å². The summed E-state index contributed by atoms with van der Waals surface area (Å²) in [4.78, 5) is 0. The molecule has 1 aromatic carbocycles. The molecule has 0 bridgehead atoms. The van der Waals surface area contributed by atoms with Crippen molar-refractivity contribution in [1.29, 1.82) is 0 Å². The van der Waals surface area contributed by atoms with Gasteiger partial charge in [-0.1, -0.05) is 28.9 Å². The number of rotatable bonds is 2. The molecule has 0 aliphatic rings. The second kappa shape index (κ2) is 3.90. The highest BCUT2D eigenvalue weighted by Crippen LogP contribution is 2.18. The Balaban J connectivity index is 2.24. The SMILES string of the molecule is Cc1ccc(Cn2cc(N)nn2)c(Cl)c1. The number of aromatic nitrogens is 3. The number of benzene rings is 1. The van der Waals surface area contributed by atoms with Crippen LogP contribution in [0.25, 0.3) is 0 Å². The minimum absolute atomic E-state index is 0.415.